The van der Waals surface area contributed by atoms with E-state index in [1.54, 1.807) is 16.1 Å². The summed E-state index contributed by atoms with van der Waals surface area (Å²) in [6.07, 6.45) is 7.68. The molecule has 1 aromatic heterocycles. The van der Waals surface area contributed by atoms with E-state index in [1.165, 1.54) is 6.42 Å². The SMILES string of the molecule is CCCN(CC(=O)N(Cc1ccc2c(c1)OCO2)Cc1ccco1)C(=O)C1CCCCC1. The first-order valence-electron chi connectivity index (χ1n) is 11.6. The molecule has 1 aliphatic carbocycles. The highest BCUT2D eigenvalue weighted by Gasteiger charge is 2.28. The first-order chi connectivity index (χ1) is 15.6. The highest BCUT2D eigenvalue weighted by atomic mass is 16.7. The number of furan rings is 1. The number of carbonyl (C=O) groups is 2. The van der Waals surface area contributed by atoms with Gasteiger partial charge >= 0.3 is 0 Å². The third-order valence-corrected chi connectivity index (χ3v) is 6.18. The van der Waals surface area contributed by atoms with Gasteiger partial charge in [-0.05, 0) is 49.1 Å². The summed E-state index contributed by atoms with van der Waals surface area (Å²) in [6.45, 7) is 3.68. The van der Waals surface area contributed by atoms with Crippen LogP contribution in [0.1, 0.15) is 56.8 Å². The molecule has 0 bridgehead atoms. The summed E-state index contributed by atoms with van der Waals surface area (Å²) in [4.78, 5) is 30.1. The van der Waals surface area contributed by atoms with Crippen molar-refractivity contribution in [2.45, 2.75) is 58.5 Å². The van der Waals surface area contributed by atoms with Crippen molar-refractivity contribution < 1.29 is 23.5 Å². The minimum absolute atomic E-state index is 0.0514. The summed E-state index contributed by atoms with van der Waals surface area (Å²) in [5, 5.41) is 0. The van der Waals surface area contributed by atoms with Crippen molar-refractivity contribution in [3.8, 4) is 11.5 Å². The number of fused-ring (bicyclic) bond motifs is 1. The lowest BCUT2D eigenvalue weighted by Crippen LogP contribution is -2.45. The van der Waals surface area contributed by atoms with Crippen LogP contribution in [0.2, 0.25) is 0 Å². The van der Waals surface area contributed by atoms with Crippen LogP contribution in [-0.2, 0) is 22.7 Å². The maximum Gasteiger partial charge on any atom is 0.242 e. The average Bonchev–Trinajstić information content (AvgIpc) is 3.50. The van der Waals surface area contributed by atoms with E-state index in [0.717, 1.165) is 37.7 Å². The molecule has 7 nitrogen and oxygen atoms in total. The van der Waals surface area contributed by atoms with Crippen molar-refractivity contribution in [2.75, 3.05) is 19.9 Å². The van der Waals surface area contributed by atoms with Gasteiger partial charge < -0.3 is 23.7 Å². The summed E-state index contributed by atoms with van der Waals surface area (Å²) in [7, 11) is 0. The van der Waals surface area contributed by atoms with Crippen molar-refractivity contribution in [3.05, 3.63) is 47.9 Å². The number of hydrogen-bond acceptors (Lipinski definition) is 5. The summed E-state index contributed by atoms with van der Waals surface area (Å²) >= 11 is 0. The van der Waals surface area contributed by atoms with E-state index in [0.29, 0.717) is 36.9 Å². The van der Waals surface area contributed by atoms with Gasteiger partial charge in [-0.15, -0.1) is 0 Å². The van der Waals surface area contributed by atoms with Gasteiger partial charge in [0.25, 0.3) is 0 Å². The predicted octanol–water partition coefficient (Wildman–Crippen LogP) is 4.36. The Balaban J connectivity index is 1.48. The highest BCUT2D eigenvalue weighted by molar-refractivity contribution is 5.86. The molecule has 7 heteroatoms. The van der Waals surface area contributed by atoms with Gasteiger partial charge in [-0.3, -0.25) is 9.59 Å². The zero-order chi connectivity index (χ0) is 22.3. The van der Waals surface area contributed by atoms with Crippen LogP contribution in [0.25, 0.3) is 0 Å². The molecule has 2 aromatic rings. The van der Waals surface area contributed by atoms with Gasteiger partial charge in [0.15, 0.2) is 11.5 Å². The normalized spacial score (nSPS) is 15.5. The fourth-order valence-corrected chi connectivity index (χ4v) is 4.49. The molecule has 2 heterocycles. The van der Waals surface area contributed by atoms with Gasteiger partial charge in [0.05, 0.1) is 19.4 Å². The fourth-order valence-electron chi connectivity index (χ4n) is 4.49. The second-order valence-electron chi connectivity index (χ2n) is 8.61. The maximum absolute atomic E-state index is 13.4. The Morgan fingerprint density at radius 3 is 2.56 bits per heavy atom. The van der Waals surface area contributed by atoms with Crippen molar-refractivity contribution in [1.82, 2.24) is 9.80 Å². The quantitative estimate of drug-likeness (QED) is 0.579. The molecule has 4 rings (SSSR count). The lowest BCUT2D eigenvalue weighted by atomic mass is 9.88. The molecule has 0 N–H and O–H groups in total. The van der Waals surface area contributed by atoms with E-state index in [2.05, 4.69) is 0 Å². The standard InChI is InChI=1S/C25H32N2O5/c1-2-12-26(25(29)20-7-4-3-5-8-20)17-24(28)27(16-21-9-6-13-30-21)15-19-10-11-22-23(14-19)32-18-31-22/h6,9-11,13-14,20H,2-5,7-8,12,15-18H2,1H3. The predicted molar refractivity (Wildman–Crippen MR) is 119 cm³/mol. The lowest BCUT2D eigenvalue weighted by molar-refractivity contribution is -0.144. The molecule has 0 atom stereocenters. The van der Waals surface area contributed by atoms with Crippen LogP contribution in [0.15, 0.2) is 41.0 Å². The molecule has 1 aliphatic heterocycles. The first-order valence-corrected chi connectivity index (χ1v) is 11.6. The molecular formula is C25H32N2O5. The molecule has 32 heavy (non-hydrogen) atoms. The number of amides is 2. The van der Waals surface area contributed by atoms with Crippen LogP contribution in [-0.4, -0.2) is 41.5 Å². The van der Waals surface area contributed by atoms with E-state index < -0.39 is 0 Å². The second kappa shape index (κ2) is 10.6. The number of ether oxygens (including phenoxy) is 2. The van der Waals surface area contributed by atoms with Gasteiger partial charge in [0, 0.05) is 19.0 Å². The molecule has 1 saturated carbocycles. The zero-order valence-electron chi connectivity index (χ0n) is 18.8. The van der Waals surface area contributed by atoms with Crippen LogP contribution in [0.4, 0.5) is 0 Å². The van der Waals surface area contributed by atoms with Gasteiger partial charge in [0.2, 0.25) is 18.6 Å². The van der Waals surface area contributed by atoms with E-state index in [4.69, 9.17) is 13.9 Å². The van der Waals surface area contributed by atoms with Crippen LogP contribution in [0.5, 0.6) is 11.5 Å². The molecule has 0 spiro atoms. The summed E-state index contributed by atoms with van der Waals surface area (Å²) in [6, 6.07) is 9.38. The molecule has 1 fully saturated rings. The van der Waals surface area contributed by atoms with Crippen LogP contribution in [0, 0.1) is 5.92 Å². The summed E-state index contributed by atoms with van der Waals surface area (Å²) in [5.74, 6) is 2.20. The first kappa shape index (κ1) is 22.2. The summed E-state index contributed by atoms with van der Waals surface area (Å²) in [5.41, 5.74) is 0.940. The smallest absolute Gasteiger partial charge is 0.242 e. The lowest BCUT2D eigenvalue weighted by Gasteiger charge is -2.31. The maximum atomic E-state index is 13.4. The van der Waals surface area contributed by atoms with Crippen LogP contribution < -0.4 is 9.47 Å². The molecule has 172 valence electrons. The van der Waals surface area contributed by atoms with Crippen molar-refractivity contribution in [1.29, 1.82) is 0 Å². The number of carbonyl (C=O) groups excluding carboxylic acids is 2. The van der Waals surface area contributed by atoms with Gasteiger partial charge in [0.1, 0.15) is 5.76 Å². The van der Waals surface area contributed by atoms with E-state index >= 15 is 0 Å². The topological polar surface area (TPSA) is 72.2 Å². The number of benzene rings is 1. The van der Waals surface area contributed by atoms with Crippen molar-refractivity contribution >= 4 is 11.8 Å². The molecule has 0 unspecified atom stereocenters. The molecule has 1 aromatic carbocycles. The molecule has 0 saturated heterocycles. The average molecular weight is 441 g/mol. The van der Waals surface area contributed by atoms with Crippen LogP contribution in [0.3, 0.4) is 0 Å². The van der Waals surface area contributed by atoms with Crippen molar-refractivity contribution in [3.63, 3.8) is 0 Å². The Hall–Kier alpha value is -2.96. The number of nitrogens with zero attached hydrogens (tertiary/aromatic N) is 2. The Bertz CT molecular complexity index is 905. The molecule has 2 aliphatic rings. The van der Waals surface area contributed by atoms with E-state index in [1.807, 2.05) is 37.3 Å². The number of hydrogen-bond donors (Lipinski definition) is 0. The Kier molecular flexibility index (Phi) is 7.35. The Labute approximate surface area is 189 Å². The van der Waals surface area contributed by atoms with Gasteiger partial charge in [-0.25, -0.2) is 0 Å². The van der Waals surface area contributed by atoms with E-state index in [-0.39, 0.29) is 31.1 Å². The minimum Gasteiger partial charge on any atom is -0.467 e. The molecule has 2 amide bonds. The molecular weight excluding hydrogens is 408 g/mol. The Morgan fingerprint density at radius 1 is 1.00 bits per heavy atom. The van der Waals surface area contributed by atoms with E-state index in [9.17, 15) is 9.59 Å². The molecule has 0 radical (unpaired) electrons. The van der Waals surface area contributed by atoms with Crippen LogP contribution >= 0.6 is 0 Å². The third kappa shape index (κ3) is 5.44. The monoisotopic (exact) mass is 440 g/mol. The minimum atomic E-state index is -0.0864. The van der Waals surface area contributed by atoms with Crippen molar-refractivity contribution in [2.24, 2.45) is 5.92 Å². The second-order valence-corrected chi connectivity index (χ2v) is 8.61. The Morgan fingerprint density at radius 2 is 1.81 bits per heavy atom. The largest absolute Gasteiger partial charge is 0.467 e. The zero-order valence-corrected chi connectivity index (χ0v) is 18.8. The fraction of sp³-hybridized carbons (Fsp3) is 0.520. The van der Waals surface area contributed by atoms with Gasteiger partial charge in [-0.1, -0.05) is 32.3 Å². The van der Waals surface area contributed by atoms with Gasteiger partial charge in [-0.2, -0.15) is 0 Å². The third-order valence-electron chi connectivity index (χ3n) is 6.18. The highest BCUT2D eigenvalue weighted by Crippen LogP contribution is 2.33. The number of rotatable bonds is 9. The summed E-state index contributed by atoms with van der Waals surface area (Å²) < 4.78 is 16.4.